The second-order valence-electron chi connectivity index (χ2n) is 5.04. The fourth-order valence-electron chi connectivity index (χ4n) is 2.11. The van der Waals surface area contributed by atoms with E-state index in [1.54, 1.807) is 18.2 Å². The molecule has 0 amide bonds. The first kappa shape index (κ1) is 16.5. The lowest BCUT2D eigenvalue weighted by molar-refractivity contribution is 0.340. The van der Waals surface area contributed by atoms with Crippen molar-refractivity contribution in [1.82, 2.24) is 4.72 Å². The maximum absolute atomic E-state index is 12.2. The zero-order valence-corrected chi connectivity index (χ0v) is 13.7. The van der Waals surface area contributed by atoms with Gasteiger partial charge in [0.25, 0.3) is 0 Å². The molecule has 0 fully saturated rings. The van der Waals surface area contributed by atoms with Crippen LogP contribution in [0, 0.1) is 6.92 Å². The van der Waals surface area contributed by atoms with E-state index in [4.69, 9.17) is 4.74 Å². The molecule has 4 nitrogen and oxygen atoms in total. The lowest BCUT2D eigenvalue weighted by Gasteiger charge is -2.08. The van der Waals surface area contributed by atoms with Gasteiger partial charge in [0, 0.05) is 6.54 Å². The van der Waals surface area contributed by atoms with Crippen LogP contribution in [0.4, 0.5) is 0 Å². The van der Waals surface area contributed by atoms with E-state index in [0.29, 0.717) is 24.5 Å². The first-order chi connectivity index (χ1) is 10.5. The van der Waals surface area contributed by atoms with Crippen LogP contribution in [-0.4, -0.2) is 21.6 Å². The minimum absolute atomic E-state index is 0.305. The summed E-state index contributed by atoms with van der Waals surface area (Å²) in [6.45, 7) is 4.81. The smallest absolute Gasteiger partial charge is 0.240 e. The third-order valence-corrected chi connectivity index (χ3v) is 4.70. The average Bonchev–Trinajstić information content (AvgIpc) is 2.49. The zero-order chi connectivity index (χ0) is 16.0. The standard InChI is InChI=1S/C17H21NO3S/c1-3-21-16-9-7-15(8-10-16)11-12-18-22(19,20)17-6-4-5-14(2)13-17/h4-10,13,18H,3,11-12H2,1-2H3. The SMILES string of the molecule is CCOc1ccc(CCNS(=O)(=O)c2cccc(C)c2)cc1. The number of rotatable bonds is 7. The van der Waals surface area contributed by atoms with Crippen molar-refractivity contribution in [3.05, 3.63) is 59.7 Å². The number of hydrogen-bond acceptors (Lipinski definition) is 3. The van der Waals surface area contributed by atoms with Crippen molar-refractivity contribution in [2.24, 2.45) is 0 Å². The van der Waals surface area contributed by atoms with Gasteiger partial charge in [-0.2, -0.15) is 0 Å². The summed E-state index contributed by atoms with van der Waals surface area (Å²) >= 11 is 0. The highest BCUT2D eigenvalue weighted by Gasteiger charge is 2.12. The molecule has 0 atom stereocenters. The summed E-state index contributed by atoms with van der Waals surface area (Å²) in [5.74, 6) is 0.826. The largest absolute Gasteiger partial charge is 0.494 e. The van der Waals surface area contributed by atoms with E-state index in [-0.39, 0.29) is 0 Å². The van der Waals surface area contributed by atoms with Crippen molar-refractivity contribution in [1.29, 1.82) is 0 Å². The van der Waals surface area contributed by atoms with E-state index in [1.807, 2.05) is 44.2 Å². The van der Waals surface area contributed by atoms with Gasteiger partial charge in [-0.25, -0.2) is 13.1 Å². The van der Waals surface area contributed by atoms with Crippen LogP contribution in [0.2, 0.25) is 0 Å². The monoisotopic (exact) mass is 319 g/mol. The van der Waals surface area contributed by atoms with Crippen molar-refractivity contribution in [2.75, 3.05) is 13.2 Å². The quantitative estimate of drug-likeness (QED) is 0.854. The minimum Gasteiger partial charge on any atom is -0.494 e. The Hall–Kier alpha value is -1.85. The number of sulfonamides is 1. The third-order valence-electron chi connectivity index (χ3n) is 3.24. The van der Waals surface area contributed by atoms with E-state index < -0.39 is 10.0 Å². The van der Waals surface area contributed by atoms with Crippen LogP contribution >= 0.6 is 0 Å². The van der Waals surface area contributed by atoms with Crippen LogP contribution in [-0.2, 0) is 16.4 Å². The molecule has 0 aromatic heterocycles. The summed E-state index contributed by atoms with van der Waals surface area (Å²) < 4.78 is 32.4. The number of aryl methyl sites for hydroxylation is 1. The molecule has 0 saturated heterocycles. The Kier molecular flexibility index (Phi) is 5.57. The Bertz CT molecular complexity index is 709. The van der Waals surface area contributed by atoms with Crippen LogP contribution in [0.15, 0.2) is 53.4 Å². The average molecular weight is 319 g/mol. The van der Waals surface area contributed by atoms with E-state index in [9.17, 15) is 8.42 Å². The van der Waals surface area contributed by atoms with Gasteiger partial charge in [0.1, 0.15) is 5.75 Å². The van der Waals surface area contributed by atoms with Gasteiger partial charge in [0.2, 0.25) is 10.0 Å². The van der Waals surface area contributed by atoms with Crippen molar-refractivity contribution in [2.45, 2.75) is 25.2 Å². The highest BCUT2D eigenvalue weighted by Crippen LogP contribution is 2.13. The lowest BCUT2D eigenvalue weighted by atomic mass is 10.1. The highest BCUT2D eigenvalue weighted by atomic mass is 32.2. The molecular weight excluding hydrogens is 298 g/mol. The molecule has 2 aromatic carbocycles. The fourth-order valence-corrected chi connectivity index (χ4v) is 3.25. The molecule has 0 radical (unpaired) electrons. The van der Waals surface area contributed by atoms with Gasteiger partial charge >= 0.3 is 0 Å². The van der Waals surface area contributed by atoms with E-state index in [2.05, 4.69) is 4.72 Å². The number of hydrogen-bond donors (Lipinski definition) is 1. The summed E-state index contributed by atoms with van der Waals surface area (Å²) in [5, 5.41) is 0. The predicted octanol–water partition coefficient (Wildman–Crippen LogP) is 2.91. The number of ether oxygens (including phenoxy) is 1. The topological polar surface area (TPSA) is 55.4 Å². The lowest BCUT2D eigenvalue weighted by Crippen LogP contribution is -2.26. The molecule has 0 saturated carbocycles. The number of nitrogens with one attached hydrogen (secondary N) is 1. The van der Waals surface area contributed by atoms with Gasteiger partial charge in [-0.05, 0) is 55.7 Å². The molecule has 0 aliphatic heterocycles. The summed E-state index contributed by atoms with van der Waals surface area (Å²) in [6.07, 6.45) is 0.636. The van der Waals surface area contributed by atoms with Gasteiger partial charge in [-0.1, -0.05) is 24.3 Å². The van der Waals surface area contributed by atoms with Crippen LogP contribution in [0.1, 0.15) is 18.1 Å². The Morgan fingerprint density at radius 3 is 2.45 bits per heavy atom. The molecule has 2 rings (SSSR count). The van der Waals surface area contributed by atoms with Gasteiger partial charge in [-0.15, -0.1) is 0 Å². The highest BCUT2D eigenvalue weighted by molar-refractivity contribution is 7.89. The third kappa shape index (κ3) is 4.58. The molecule has 0 spiro atoms. The molecule has 2 aromatic rings. The molecular formula is C17H21NO3S. The van der Waals surface area contributed by atoms with Crippen LogP contribution in [0.3, 0.4) is 0 Å². The second kappa shape index (κ2) is 7.42. The van der Waals surface area contributed by atoms with Crippen LogP contribution < -0.4 is 9.46 Å². The molecule has 0 unspecified atom stereocenters. The van der Waals surface area contributed by atoms with Crippen LogP contribution in [0.25, 0.3) is 0 Å². The van der Waals surface area contributed by atoms with Crippen LogP contribution in [0.5, 0.6) is 5.75 Å². The summed E-state index contributed by atoms with van der Waals surface area (Å²) in [7, 11) is -3.44. The molecule has 118 valence electrons. The van der Waals surface area contributed by atoms with E-state index in [0.717, 1.165) is 16.9 Å². The number of benzene rings is 2. The molecule has 0 aliphatic rings. The molecule has 0 bridgehead atoms. The Labute approximate surface area is 132 Å². The Morgan fingerprint density at radius 2 is 1.82 bits per heavy atom. The zero-order valence-electron chi connectivity index (χ0n) is 12.9. The predicted molar refractivity (Wildman–Crippen MR) is 87.7 cm³/mol. The van der Waals surface area contributed by atoms with Crippen molar-refractivity contribution in [3.63, 3.8) is 0 Å². The van der Waals surface area contributed by atoms with E-state index >= 15 is 0 Å². The maximum Gasteiger partial charge on any atom is 0.240 e. The first-order valence-corrected chi connectivity index (χ1v) is 8.77. The normalized spacial score (nSPS) is 11.4. The minimum atomic E-state index is -3.44. The van der Waals surface area contributed by atoms with Gasteiger partial charge in [0.15, 0.2) is 0 Å². The molecule has 5 heteroatoms. The second-order valence-corrected chi connectivity index (χ2v) is 6.81. The van der Waals surface area contributed by atoms with E-state index in [1.165, 1.54) is 0 Å². The fraction of sp³-hybridized carbons (Fsp3) is 0.294. The Balaban J connectivity index is 1.92. The van der Waals surface area contributed by atoms with Crippen molar-refractivity contribution < 1.29 is 13.2 Å². The van der Waals surface area contributed by atoms with Gasteiger partial charge in [-0.3, -0.25) is 0 Å². The first-order valence-electron chi connectivity index (χ1n) is 7.29. The summed E-state index contributed by atoms with van der Waals surface area (Å²) in [5.41, 5.74) is 1.99. The Morgan fingerprint density at radius 1 is 1.09 bits per heavy atom. The van der Waals surface area contributed by atoms with Crippen molar-refractivity contribution in [3.8, 4) is 5.75 Å². The van der Waals surface area contributed by atoms with Gasteiger partial charge < -0.3 is 4.74 Å². The van der Waals surface area contributed by atoms with Gasteiger partial charge in [0.05, 0.1) is 11.5 Å². The maximum atomic E-state index is 12.2. The summed E-state index contributed by atoms with van der Waals surface area (Å²) in [6, 6.07) is 14.6. The molecule has 0 aliphatic carbocycles. The molecule has 22 heavy (non-hydrogen) atoms. The molecule has 1 N–H and O–H groups in total. The molecule has 0 heterocycles. The summed E-state index contributed by atoms with van der Waals surface area (Å²) in [4.78, 5) is 0.305. The van der Waals surface area contributed by atoms with Crippen molar-refractivity contribution >= 4 is 10.0 Å².